The Kier molecular flexibility index (Phi) is 7.59. The molecule has 0 heterocycles. The van der Waals surface area contributed by atoms with Crippen molar-refractivity contribution in [3.8, 4) is 16.9 Å². The Hall–Kier alpha value is -3.37. The molecule has 33 heavy (non-hydrogen) atoms. The highest BCUT2D eigenvalue weighted by atomic mass is 16.5. The Labute approximate surface area is 195 Å². The fourth-order valence-electron chi connectivity index (χ4n) is 4.17. The van der Waals surface area contributed by atoms with Crippen LogP contribution >= 0.6 is 0 Å². The van der Waals surface area contributed by atoms with Gasteiger partial charge in [-0.15, -0.1) is 0 Å². The van der Waals surface area contributed by atoms with Crippen LogP contribution in [0.2, 0.25) is 0 Å². The van der Waals surface area contributed by atoms with Gasteiger partial charge in [-0.1, -0.05) is 80.1 Å². The van der Waals surface area contributed by atoms with Crippen molar-refractivity contribution in [1.29, 1.82) is 0 Å². The molecule has 4 nitrogen and oxygen atoms in total. The molecule has 0 saturated heterocycles. The van der Waals surface area contributed by atoms with Crippen LogP contribution in [0, 0.1) is 0 Å². The summed E-state index contributed by atoms with van der Waals surface area (Å²) in [7, 11) is 0. The lowest BCUT2D eigenvalue weighted by Crippen LogP contribution is -2.26. The average Bonchev–Trinajstić information content (AvgIpc) is 3.16. The zero-order valence-electron chi connectivity index (χ0n) is 19.0. The third-order valence-electron chi connectivity index (χ3n) is 5.90. The molecule has 1 N–H and O–H groups in total. The van der Waals surface area contributed by atoms with E-state index in [1.54, 1.807) is 0 Å². The van der Waals surface area contributed by atoms with Gasteiger partial charge in [0.2, 0.25) is 0 Å². The molecule has 0 radical (unpaired) electrons. The first-order chi connectivity index (χ1) is 16.2. The highest BCUT2D eigenvalue weighted by Crippen LogP contribution is 2.43. The monoisotopic (exact) mass is 442 g/mol. The van der Waals surface area contributed by atoms with E-state index in [9.17, 15) is 9.90 Å². The zero-order chi connectivity index (χ0) is 23.0. The highest BCUT2D eigenvalue weighted by molar-refractivity contribution is 6.01. The van der Waals surface area contributed by atoms with Gasteiger partial charge in [0, 0.05) is 19.4 Å². The van der Waals surface area contributed by atoms with E-state index in [0.717, 1.165) is 30.6 Å². The number of carboxylic acid groups (broad SMARTS) is 1. The second-order valence-corrected chi connectivity index (χ2v) is 8.25. The summed E-state index contributed by atoms with van der Waals surface area (Å²) in [5, 5.41) is 9.39. The van der Waals surface area contributed by atoms with Crippen molar-refractivity contribution < 1.29 is 19.4 Å². The topological polar surface area (TPSA) is 55.8 Å². The van der Waals surface area contributed by atoms with Crippen LogP contribution in [-0.2, 0) is 16.0 Å². The molecule has 0 spiro atoms. The Morgan fingerprint density at radius 2 is 1.48 bits per heavy atom. The van der Waals surface area contributed by atoms with Crippen molar-refractivity contribution in [2.75, 3.05) is 13.2 Å². The predicted molar refractivity (Wildman–Crippen MR) is 131 cm³/mol. The molecule has 0 aromatic heterocycles. The van der Waals surface area contributed by atoms with Crippen LogP contribution in [0.5, 0.6) is 5.75 Å². The van der Waals surface area contributed by atoms with E-state index in [-0.39, 0.29) is 0 Å². The third-order valence-corrected chi connectivity index (χ3v) is 5.90. The van der Waals surface area contributed by atoms with Crippen molar-refractivity contribution in [2.24, 2.45) is 0 Å². The van der Waals surface area contributed by atoms with Gasteiger partial charge in [-0.05, 0) is 51.9 Å². The lowest BCUT2D eigenvalue weighted by Gasteiger charge is -2.14. The van der Waals surface area contributed by atoms with Gasteiger partial charge >= 0.3 is 5.97 Å². The van der Waals surface area contributed by atoms with Gasteiger partial charge in [-0.25, -0.2) is 4.79 Å². The molecule has 0 amide bonds. The fourth-order valence-corrected chi connectivity index (χ4v) is 4.17. The molecular weight excluding hydrogens is 412 g/mol. The second kappa shape index (κ2) is 11.0. The van der Waals surface area contributed by atoms with Gasteiger partial charge in [0.1, 0.15) is 5.75 Å². The minimum atomic E-state index is -0.922. The van der Waals surface area contributed by atoms with Crippen LogP contribution in [0.3, 0.4) is 0 Å². The van der Waals surface area contributed by atoms with Crippen molar-refractivity contribution in [3.63, 3.8) is 0 Å². The molecule has 1 aliphatic carbocycles. The maximum absolute atomic E-state index is 11.4. The van der Waals surface area contributed by atoms with Crippen LogP contribution < -0.4 is 4.74 Å². The van der Waals surface area contributed by atoms with Gasteiger partial charge in [-0.3, -0.25) is 0 Å². The van der Waals surface area contributed by atoms with E-state index in [4.69, 9.17) is 9.47 Å². The summed E-state index contributed by atoms with van der Waals surface area (Å²) >= 11 is 0. The van der Waals surface area contributed by atoms with Crippen molar-refractivity contribution in [2.45, 2.75) is 38.7 Å². The van der Waals surface area contributed by atoms with Crippen molar-refractivity contribution >= 4 is 11.5 Å². The molecule has 1 aliphatic rings. The molecule has 4 heteroatoms. The third kappa shape index (κ3) is 5.52. The van der Waals surface area contributed by atoms with Crippen LogP contribution in [0.15, 0.2) is 78.9 Å². The number of unbranched alkanes of at least 4 members (excludes halogenated alkanes) is 1. The average molecular weight is 443 g/mol. The Morgan fingerprint density at radius 1 is 0.879 bits per heavy atom. The number of aliphatic carboxylic acids is 1. The molecule has 3 aromatic carbocycles. The molecule has 1 unspecified atom stereocenters. The number of hydrogen-bond donors (Lipinski definition) is 1. The fraction of sp³-hybridized carbons (Fsp3) is 0.276. The van der Waals surface area contributed by atoms with E-state index < -0.39 is 12.1 Å². The van der Waals surface area contributed by atoms with E-state index >= 15 is 0 Å². The van der Waals surface area contributed by atoms with Gasteiger partial charge < -0.3 is 14.6 Å². The number of carbonyl (C=O) groups is 1. The standard InChI is InChI=1S/C29H30O4/c1-2-3-18-33-28(29(30)31)20-21-14-16-22(17-15-21)32-19-8-13-27-25-11-6-4-9-23(25)24-10-5-7-12-26(24)27/h4-7,9-17,28H,2-3,8,18-20H2,1H3,(H,30,31). The minimum absolute atomic E-state index is 0.351. The molecule has 0 bridgehead atoms. The summed E-state index contributed by atoms with van der Waals surface area (Å²) in [6.07, 6.45) is 4.44. The lowest BCUT2D eigenvalue weighted by atomic mass is 10.0. The first-order valence-electron chi connectivity index (χ1n) is 11.6. The van der Waals surface area contributed by atoms with Crippen LogP contribution in [0.25, 0.3) is 16.7 Å². The summed E-state index contributed by atoms with van der Waals surface area (Å²) in [5.41, 5.74) is 7.31. The zero-order valence-corrected chi connectivity index (χ0v) is 19.0. The molecular formula is C29H30O4. The van der Waals surface area contributed by atoms with Crippen molar-refractivity contribution in [1.82, 2.24) is 0 Å². The normalized spacial score (nSPS) is 12.7. The number of benzene rings is 3. The first kappa shape index (κ1) is 22.8. The minimum Gasteiger partial charge on any atom is -0.493 e. The van der Waals surface area contributed by atoms with Gasteiger partial charge in [0.05, 0.1) is 6.61 Å². The number of carboxylic acids is 1. The summed E-state index contributed by atoms with van der Waals surface area (Å²) in [6.45, 7) is 3.10. The van der Waals surface area contributed by atoms with E-state index in [1.807, 2.05) is 24.3 Å². The SMILES string of the molecule is CCCCOC(Cc1ccc(OCCC=C2c3ccccc3-c3ccccc32)cc1)C(=O)O. The Bertz CT molecular complexity index is 1070. The predicted octanol–water partition coefficient (Wildman–Crippen LogP) is 6.38. The molecule has 0 aliphatic heterocycles. The summed E-state index contributed by atoms with van der Waals surface area (Å²) in [5.74, 6) is -0.141. The molecule has 1 atom stereocenters. The van der Waals surface area contributed by atoms with Crippen LogP contribution in [0.1, 0.15) is 42.9 Å². The summed E-state index contributed by atoms with van der Waals surface area (Å²) < 4.78 is 11.5. The van der Waals surface area contributed by atoms with Crippen molar-refractivity contribution in [3.05, 3.63) is 95.6 Å². The smallest absolute Gasteiger partial charge is 0.333 e. The van der Waals surface area contributed by atoms with Gasteiger partial charge in [0.15, 0.2) is 6.10 Å². The maximum atomic E-state index is 11.4. The Morgan fingerprint density at radius 3 is 2.06 bits per heavy atom. The lowest BCUT2D eigenvalue weighted by molar-refractivity contribution is -0.150. The van der Waals surface area contributed by atoms with Gasteiger partial charge in [0.25, 0.3) is 0 Å². The molecule has 3 aromatic rings. The molecule has 4 rings (SSSR count). The van der Waals surface area contributed by atoms with Gasteiger partial charge in [-0.2, -0.15) is 0 Å². The summed E-state index contributed by atoms with van der Waals surface area (Å²) in [4.78, 5) is 11.4. The maximum Gasteiger partial charge on any atom is 0.333 e. The van der Waals surface area contributed by atoms with E-state index in [2.05, 4.69) is 61.5 Å². The number of ether oxygens (including phenoxy) is 2. The second-order valence-electron chi connectivity index (χ2n) is 8.25. The molecule has 0 saturated carbocycles. The Balaban J connectivity index is 1.33. The summed E-state index contributed by atoms with van der Waals surface area (Å²) in [6, 6.07) is 24.7. The molecule has 170 valence electrons. The number of rotatable bonds is 11. The quantitative estimate of drug-likeness (QED) is 0.274. The van der Waals surface area contributed by atoms with E-state index in [1.165, 1.54) is 27.8 Å². The van der Waals surface area contributed by atoms with Crippen LogP contribution in [0.4, 0.5) is 0 Å². The highest BCUT2D eigenvalue weighted by Gasteiger charge is 2.22. The number of fused-ring (bicyclic) bond motifs is 3. The largest absolute Gasteiger partial charge is 0.493 e. The number of hydrogen-bond acceptors (Lipinski definition) is 3. The van der Waals surface area contributed by atoms with E-state index in [0.29, 0.717) is 19.6 Å². The van der Waals surface area contributed by atoms with Crippen LogP contribution in [-0.4, -0.2) is 30.4 Å². The first-order valence-corrected chi connectivity index (χ1v) is 11.6. The molecule has 0 fully saturated rings.